The third-order valence-corrected chi connectivity index (χ3v) is 5.09. The van der Waals surface area contributed by atoms with E-state index in [1.807, 2.05) is 0 Å². The minimum Gasteiger partial charge on any atom is -0.507 e. The largest absolute Gasteiger partial charge is 0.507 e. The lowest BCUT2D eigenvalue weighted by Gasteiger charge is -2.47. The molecule has 1 saturated heterocycles. The van der Waals surface area contributed by atoms with Gasteiger partial charge in [0.2, 0.25) is 0 Å². The molecule has 25 heavy (non-hydrogen) atoms. The molecule has 1 aromatic rings. The molecule has 1 fully saturated rings. The van der Waals surface area contributed by atoms with Crippen molar-refractivity contribution < 1.29 is 24.6 Å². The van der Waals surface area contributed by atoms with Gasteiger partial charge in [-0.1, -0.05) is 17.3 Å². The molecule has 130 valence electrons. The Hall–Kier alpha value is -2.81. The molecule has 0 aliphatic carbocycles. The van der Waals surface area contributed by atoms with E-state index in [0.29, 0.717) is 16.9 Å². The van der Waals surface area contributed by atoms with Gasteiger partial charge in [-0.2, -0.15) is 0 Å². The number of fused-ring (bicyclic) bond motifs is 1. The average molecular weight is 361 g/mol. The standard InChI is InChI=1S/C16H15N3O5S/c1-24-18-7-10-8-25-15-12(14(21)19(15)13(10)16(22)23)17-6-9-4-2-3-5-11(9)20/h2-7,12,15,20H,8H2,1H3,(H,22,23)/t12-,15+/m1/s1. The van der Waals surface area contributed by atoms with Crippen LogP contribution in [0.15, 0.2) is 45.7 Å². The molecule has 0 unspecified atom stereocenters. The predicted molar refractivity (Wildman–Crippen MR) is 92.7 cm³/mol. The van der Waals surface area contributed by atoms with Gasteiger partial charge in [0.1, 0.15) is 23.9 Å². The third kappa shape index (κ3) is 3.10. The van der Waals surface area contributed by atoms with Crippen LogP contribution >= 0.6 is 11.8 Å². The van der Waals surface area contributed by atoms with Gasteiger partial charge >= 0.3 is 5.97 Å². The molecular weight excluding hydrogens is 346 g/mol. The number of benzene rings is 1. The first-order chi connectivity index (χ1) is 12.0. The van der Waals surface area contributed by atoms with Crippen LogP contribution in [0.1, 0.15) is 5.56 Å². The maximum absolute atomic E-state index is 12.4. The van der Waals surface area contributed by atoms with Gasteiger partial charge in [-0.25, -0.2) is 4.79 Å². The van der Waals surface area contributed by atoms with Crippen molar-refractivity contribution in [3.05, 3.63) is 41.1 Å². The summed E-state index contributed by atoms with van der Waals surface area (Å²) in [6, 6.07) is 5.96. The Morgan fingerprint density at radius 1 is 1.40 bits per heavy atom. The SMILES string of the molecule is CON=CC1=C(C(=O)O)N2C(=O)[C@@H](N=Cc3ccccc3O)[C@@H]2SC1. The number of oxime groups is 1. The number of hydrogen-bond acceptors (Lipinski definition) is 7. The number of aliphatic carboxylic acids is 1. The van der Waals surface area contributed by atoms with Crippen LogP contribution in [-0.4, -0.2) is 63.7 Å². The topological polar surface area (TPSA) is 112 Å². The van der Waals surface area contributed by atoms with Gasteiger partial charge in [0, 0.05) is 23.1 Å². The zero-order chi connectivity index (χ0) is 18.0. The number of aliphatic imine (C=N–C) groups is 1. The first-order valence-electron chi connectivity index (χ1n) is 7.33. The molecule has 1 aromatic carbocycles. The van der Waals surface area contributed by atoms with Gasteiger partial charge in [-0.05, 0) is 12.1 Å². The Balaban J connectivity index is 1.83. The lowest BCUT2D eigenvalue weighted by Crippen LogP contribution is -2.64. The molecule has 0 saturated carbocycles. The number of nitrogens with zero attached hydrogens (tertiary/aromatic N) is 3. The van der Waals surface area contributed by atoms with E-state index in [-0.39, 0.29) is 16.8 Å². The zero-order valence-electron chi connectivity index (χ0n) is 13.2. The van der Waals surface area contributed by atoms with Crippen molar-refractivity contribution in [2.45, 2.75) is 11.4 Å². The molecule has 1 amide bonds. The fourth-order valence-corrected chi connectivity index (χ4v) is 3.89. The summed E-state index contributed by atoms with van der Waals surface area (Å²) in [7, 11) is 1.36. The van der Waals surface area contributed by atoms with Crippen molar-refractivity contribution in [1.82, 2.24) is 4.90 Å². The van der Waals surface area contributed by atoms with E-state index in [0.717, 1.165) is 0 Å². The van der Waals surface area contributed by atoms with Crippen LogP contribution in [0.4, 0.5) is 0 Å². The highest BCUT2D eigenvalue weighted by Crippen LogP contribution is 2.41. The number of phenolic OH excluding ortho intramolecular Hbond substituents is 1. The average Bonchev–Trinajstić information content (AvgIpc) is 2.60. The quantitative estimate of drug-likeness (QED) is 0.461. The second kappa shape index (κ2) is 6.98. The second-order valence-electron chi connectivity index (χ2n) is 5.29. The zero-order valence-corrected chi connectivity index (χ0v) is 14.0. The lowest BCUT2D eigenvalue weighted by molar-refractivity contribution is -0.147. The van der Waals surface area contributed by atoms with Gasteiger partial charge in [-0.3, -0.25) is 14.7 Å². The van der Waals surface area contributed by atoms with Gasteiger partial charge in [0.25, 0.3) is 5.91 Å². The van der Waals surface area contributed by atoms with Crippen LogP contribution < -0.4 is 0 Å². The van der Waals surface area contributed by atoms with Crippen molar-refractivity contribution in [3.63, 3.8) is 0 Å². The van der Waals surface area contributed by atoms with Crippen LogP contribution in [-0.2, 0) is 14.4 Å². The summed E-state index contributed by atoms with van der Waals surface area (Å²) in [5.74, 6) is -1.15. The molecule has 2 N–H and O–H groups in total. The molecule has 0 radical (unpaired) electrons. The van der Waals surface area contributed by atoms with Crippen LogP contribution in [0, 0.1) is 0 Å². The number of amides is 1. The van der Waals surface area contributed by atoms with Crippen molar-refractivity contribution in [2.24, 2.45) is 10.1 Å². The van der Waals surface area contributed by atoms with Gasteiger partial charge in [0.15, 0.2) is 6.04 Å². The Kier molecular flexibility index (Phi) is 4.75. The van der Waals surface area contributed by atoms with Crippen LogP contribution in [0.25, 0.3) is 0 Å². The summed E-state index contributed by atoms with van der Waals surface area (Å²) in [4.78, 5) is 34.0. The van der Waals surface area contributed by atoms with E-state index in [1.165, 1.54) is 42.3 Å². The summed E-state index contributed by atoms with van der Waals surface area (Å²) in [5, 5.41) is 22.4. The van der Waals surface area contributed by atoms with Crippen molar-refractivity contribution in [3.8, 4) is 5.75 Å². The van der Waals surface area contributed by atoms with Crippen LogP contribution in [0.3, 0.4) is 0 Å². The number of carboxylic acid groups (broad SMARTS) is 1. The van der Waals surface area contributed by atoms with Crippen molar-refractivity contribution in [1.29, 1.82) is 0 Å². The highest BCUT2D eigenvalue weighted by Gasteiger charge is 2.53. The fraction of sp³-hybridized carbons (Fsp3) is 0.250. The van der Waals surface area contributed by atoms with Crippen molar-refractivity contribution in [2.75, 3.05) is 12.9 Å². The minimum atomic E-state index is -1.20. The van der Waals surface area contributed by atoms with Crippen LogP contribution in [0.2, 0.25) is 0 Å². The normalized spacial score (nSPS) is 23.1. The van der Waals surface area contributed by atoms with Gasteiger partial charge in [0.05, 0.1) is 6.21 Å². The smallest absolute Gasteiger partial charge is 0.353 e. The number of thioether (sulfide) groups is 1. The molecule has 0 bridgehead atoms. The Morgan fingerprint density at radius 3 is 2.84 bits per heavy atom. The first kappa shape index (κ1) is 17.0. The van der Waals surface area contributed by atoms with E-state index in [2.05, 4.69) is 15.0 Å². The fourth-order valence-electron chi connectivity index (χ4n) is 2.60. The second-order valence-corrected chi connectivity index (χ2v) is 6.39. The highest BCUT2D eigenvalue weighted by atomic mass is 32.2. The predicted octanol–water partition coefficient (Wildman–Crippen LogP) is 1.07. The van der Waals surface area contributed by atoms with E-state index >= 15 is 0 Å². The number of aromatic hydroxyl groups is 1. The lowest BCUT2D eigenvalue weighted by atomic mass is 10.0. The maximum Gasteiger partial charge on any atom is 0.353 e. The van der Waals surface area contributed by atoms with Gasteiger partial charge in [-0.15, -0.1) is 11.8 Å². The van der Waals surface area contributed by atoms with Crippen molar-refractivity contribution >= 4 is 36.1 Å². The molecule has 3 rings (SSSR count). The minimum absolute atomic E-state index is 0.0651. The number of carbonyl (C=O) groups is 2. The summed E-state index contributed by atoms with van der Waals surface area (Å²) in [6.07, 6.45) is 2.74. The summed E-state index contributed by atoms with van der Waals surface area (Å²) in [5.41, 5.74) is 0.812. The molecule has 2 aliphatic rings. The Labute approximate surface area is 147 Å². The molecule has 2 aliphatic heterocycles. The summed E-state index contributed by atoms with van der Waals surface area (Å²) >= 11 is 1.40. The highest BCUT2D eigenvalue weighted by molar-refractivity contribution is 8.00. The summed E-state index contributed by atoms with van der Waals surface area (Å²) in [6.45, 7) is 0. The first-order valence-corrected chi connectivity index (χ1v) is 8.38. The number of carbonyl (C=O) groups excluding carboxylic acids is 1. The van der Waals surface area contributed by atoms with E-state index in [9.17, 15) is 19.8 Å². The van der Waals surface area contributed by atoms with E-state index in [4.69, 9.17) is 0 Å². The van der Waals surface area contributed by atoms with Gasteiger partial charge < -0.3 is 15.1 Å². The molecule has 2 heterocycles. The molecule has 9 heteroatoms. The Morgan fingerprint density at radius 2 is 2.16 bits per heavy atom. The maximum atomic E-state index is 12.4. The van der Waals surface area contributed by atoms with E-state index < -0.39 is 17.9 Å². The number of β-lactam (4-membered cyclic amide) rings is 1. The van der Waals surface area contributed by atoms with Crippen LogP contribution in [0.5, 0.6) is 5.75 Å². The molecule has 0 aromatic heterocycles. The number of phenols is 1. The number of rotatable bonds is 5. The Bertz CT molecular complexity index is 805. The number of carboxylic acids is 1. The van der Waals surface area contributed by atoms with E-state index in [1.54, 1.807) is 18.2 Å². The molecular formula is C16H15N3O5S. The third-order valence-electron chi connectivity index (χ3n) is 3.80. The number of hydrogen-bond donors (Lipinski definition) is 2. The number of para-hydroxylation sites is 1. The molecule has 2 atom stereocenters. The molecule has 0 spiro atoms. The monoisotopic (exact) mass is 361 g/mol. The summed E-state index contributed by atoms with van der Waals surface area (Å²) < 4.78 is 0. The molecule has 8 nitrogen and oxygen atoms in total.